The maximum Gasteiger partial charge on any atom is 0.241 e. The zero-order valence-corrected chi connectivity index (χ0v) is 18.6. The lowest BCUT2D eigenvalue weighted by Gasteiger charge is -2.27. The molecule has 1 spiro atoms. The molecule has 6 nitrogen and oxygen atoms in total. The predicted molar refractivity (Wildman–Crippen MR) is 123 cm³/mol. The predicted octanol–water partition coefficient (Wildman–Crippen LogP) is 4.00. The Morgan fingerprint density at radius 3 is 2.03 bits per heavy atom. The van der Waals surface area contributed by atoms with E-state index >= 15 is 0 Å². The Labute approximate surface area is 196 Å². The number of carbonyl (C=O) groups excluding carboxylic acids is 4. The van der Waals surface area contributed by atoms with Crippen molar-refractivity contribution in [2.24, 2.45) is 11.8 Å². The number of fused-ring (bicyclic) bond motifs is 3. The van der Waals surface area contributed by atoms with Crippen LogP contribution in [0.4, 0.5) is 5.69 Å². The Morgan fingerprint density at radius 1 is 0.765 bits per heavy atom. The van der Waals surface area contributed by atoms with Crippen LogP contribution < -0.4 is 4.90 Å². The molecule has 0 bridgehead atoms. The van der Waals surface area contributed by atoms with Crippen LogP contribution in [0.15, 0.2) is 72.8 Å². The topological polar surface area (TPSA) is 80.8 Å². The van der Waals surface area contributed by atoms with Gasteiger partial charge in [0, 0.05) is 11.1 Å². The lowest BCUT2D eigenvalue weighted by molar-refractivity contribution is -0.127. The fourth-order valence-corrected chi connectivity index (χ4v) is 5.66. The number of hydrogen-bond acceptors (Lipinski definition) is 5. The molecule has 0 N–H and O–H groups in total. The van der Waals surface area contributed by atoms with E-state index in [1.54, 1.807) is 54.6 Å². The highest BCUT2D eigenvalue weighted by Crippen LogP contribution is 2.57. The first-order chi connectivity index (χ1) is 16.4. The van der Waals surface area contributed by atoms with E-state index in [-0.39, 0.29) is 11.1 Å². The molecule has 34 heavy (non-hydrogen) atoms. The molecule has 6 heteroatoms. The quantitative estimate of drug-likeness (QED) is 0.435. The van der Waals surface area contributed by atoms with Crippen molar-refractivity contribution in [2.45, 2.75) is 25.6 Å². The number of hydrogen-bond donors (Lipinski definition) is 0. The smallest absolute Gasteiger partial charge is 0.241 e. The standard InChI is InChI=1S/C28H21NO5/c1-15-12-13-16(2)20(14-15)29-26(32)21-22(27(29)33)28(34-23(21)17-8-4-3-5-9-17)24(30)18-10-6-7-11-19(18)25(28)31/h3-14,21-23H,1-2H3/t21-,22-,23+/m0/s1. The number of ether oxygens (including phenoxy) is 1. The number of imide groups is 1. The van der Waals surface area contributed by atoms with E-state index in [4.69, 9.17) is 4.74 Å². The van der Waals surface area contributed by atoms with Crippen molar-refractivity contribution in [3.8, 4) is 0 Å². The SMILES string of the molecule is Cc1ccc(C)c(N2C(=O)[C@@H]3[C@@H](c4ccccc4)OC4(C(=O)c5ccccc5C4=O)[C@@H]3C2=O)c1. The maximum absolute atomic E-state index is 14.0. The summed E-state index contributed by atoms with van der Waals surface area (Å²) in [5, 5.41) is 0. The van der Waals surface area contributed by atoms with Crippen molar-refractivity contribution in [3.05, 3.63) is 101 Å². The highest BCUT2D eigenvalue weighted by atomic mass is 16.5. The molecule has 0 radical (unpaired) electrons. The molecular formula is C28H21NO5. The summed E-state index contributed by atoms with van der Waals surface area (Å²) in [5.74, 6) is -4.35. The zero-order valence-electron chi connectivity index (χ0n) is 18.6. The highest BCUT2D eigenvalue weighted by molar-refractivity contribution is 6.37. The van der Waals surface area contributed by atoms with Gasteiger partial charge in [-0.15, -0.1) is 0 Å². The Kier molecular flexibility index (Phi) is 4.29. The van der Waals surface area contributed by atoms with Gasteiger partial charge in [0.25, 0.3) is 0 Å². The van der Waals surface area contributed by atoms with Gasteiger partial charge in [-0.05, 0) is 36.6 Å². The van der Waals surface area contributed by atoms with Gasteiger partial charge < -0.3 is 4.74 Å². The lowest BCUT2D eigenvalue weighted by Crippen LogP contribution is -2.51. The molecule has 0 unspecified atom stereocenters. The van der Waals surface area contributed by atoms with Gasteiger partial charge in [0.2, 0.25) is 29.0 Å². The second-order valence-electron chi connectivity index (χ2n) is 9.19. The Balaban J connectivity index is 1.57. The minimum Gasteiger partial charge on any atom is -0.349 e. The average Bonchev–Trinajstić information content (AvgIpc) is 3.41. The van der Waals surface area contributed by atoms with E-state index in [1.165, 1.54) is 0 Å². The number of benzene rings is 3. The van der Waals surface area contributed by atoms with Gasteiger partial charge in [-0.25, -0.2) is 4.90 Å². The molecular weight excluding hydrogens is 430 g/mol. The van der Waals surface area contributed by atoms with Crippen LogP contribution in [0.1, 0.15) is 43.5 Å². The first kappa shape index (κ1) is 20.7. The van der Waals surface area contributed by atoms with Crippen molar-refractivity contribution in [1.82, 2.24) is 0 Å². The summed E-state index contributed by atoms with van der Waals surface area (Å²) < 4.78 is 6.28. The fourth-order valence-electron chi connectivity index (χ4n) is 5.66. The van der Waals surface area contributed by atoms with Gasteiger partial charge in [0.1, 0.15) is 0 Å². The molecule has 3 aliphatic rings. The normalized spacial score (nSPS) is 24.8. The van der Waals surface area contributed by atoms with E-state index in [1.807, 2.05) is 32.0 Å². The zero-order chi connectivity index (χ0) is 23.8. The first-order valence-corrected chi connectivity index (χ1v) is 11.2. The van der Waals surface area contributed by atoms with Gasteiger partial charge in [0.05, 0.1) is 23.6 Å². The largest absolute Gasteiger partial charge is 0.349 e. The lowest BCUT2D eigenvalue weighted by atomic mass is 9.77. The molecule has 2 heterocycles. The molecule has 2 fully saturated rings. The van der Waals surface area contributed by atoms with Crippen LogP contribution >= 0.6 is 0 Å². The minimum absolute atomic E-state index is 0.227. The number of ketones is 2. The van der Waals surface area contributed by atoms with Crippen molar-refractivity contribution in [3.63, 3.8) is 0 Å². The van der Waals surface area contributed by atoms with E-state index in [0.717, 1.165) is 16.0 Å². The molecule has 2 aliphatic heterocycles. The molecule has 168 valence electrons. The average molecular weight is 451 g/mol. The van der Waals surface area contributed by atoms with Crippen molar-refractivity contribution < 1.29 is 23.9 Å². The van der Waals surface area contributed by atoms with Crippen LogP contribution in [-0.4, -0.2) is 29.0 Å². The van der Waals surface area contributed by atoms with Gasteiger partial charge in [0.15, 0.2) is 0 Å². The molecule has 3 aromatic rings. The van der Waals surface area contributed by atoms with Crippen LogP contribution in [0.2, 0.25) is 0 Å². The summed E-state index contributed by atoms with van der Waals surface area (Å²) in [5.41, 5.74) is 1.18. The fraction of sp³-hybridized carbons (Fsp3) is 0.214. The van der Waals surface area contributed by atoms with Gasteiger partial charge in [-0.1, -0.05) is 66.7 Å². The molecule has 2 saturated heterocycles. The van der Waals surface area contributed by atoms with Crippen molar-refractivity contribution in [2.75, 3.05) is 4.90 Å². The van der Waals surface area contributed by atoms with E-state index in [2.05, 4.69) is 0 Å². The second kappa shape index (κ2) is 7.05. The summed E-state index contributed by atoms with van der Waals surface area (Å²) >= 11 is 0. The molecule has 6 rings (SSSR count). The highest BCUT2D eigenvalue weighted by Gasteiger charge is 2.74. The molecule has 3 aromatic carbocycles. The monoisotopic (exact) mass is 451 g/mol. The third-order valence-electron chi connectivity index (χ3n) is 7.25. The summed E-state index contributed by atoms with van der Waals surface area (Å²) in [6, 6.07) is 21.0. The van der Waals surface area contributed by atoms with E-state index in [0.29, 0.717) is 11.3 Å². The maximum atomic E-state index is 14.0. The van der Waals surface area contributed by atoms with Crippen LogP contribution in [0.5, 0.6) is 0 Å². The molecule has 1 aliphatic carbocycles. The summed E-state index contributed by atoms with van der Waals surface area (Å²) in [6.45, 7) is 3.71. The van der Waals surface area contributed by atoms with Crippen molar-refractivity contribution in [1.29, 1.82) is 0 Å². The van der Waals surface area contributed by atoms with E-state index in [9.17, 15) is 19.2 Å². The number of anilines is 1. The number of nitrogens with zero attached hydrogens (tertiary/aromatic N) is 1. The summed E-state index contributed by atoms with van der Waals surface area (Å²) in [7, 11) is 0. The Hall–Kier alpha value is -3.90. The van der Waals surface area contributed by atoms with Crippen molar-refractivity contribution >= 4 is 29.1 Å². The van der Waals surface area contributed by atoms with Crippen LogP contribution in [0, 0.1) is 25.7 Å². The van der Waals surface area contributed by atoms with Crippen LogP contribution in [0.25, 0.3) is 0 Å². The van der Waals surface area contributed by atoms with E-state index < -0.39 is 46.9 Å². The van der Waals surface area contributed by atoms with Gasteiger partial charge >= 0.3 is 0 Å². The Morgan fingerprint density at radius 2 is 1.38 bits per heavy atom. The molecule has 0 saturated carbocycles. The number of carbonyl (C=O) groups is 4. The Bertz CT molecular complexity index is 1370. The number of rotatable bonds is 2. The third-order valence-corrected chi connectivity index (χ3v) is 7.25. The first-order valence-electron chi connectivity index (χ1n) is 11.2. The number of aryl methyl sites for hydroxylation is 2. The summed E-state index contributed by atoms with van der Waals surface area (Å²) in [4.78, 5) is 56.5. The van der Waals surface area contributed by atoms with Crippen LogP contribution in [0.3, 0.4) is 0 Å². The number of Topliss-reactive ketones (excluding diaryl/α,β-unsaturated/α-hetero) is 2. The molecule has 0 aromatic heterocycles. The van der Waals surface area contributed by atoms with Crippen LogP contribution in [-0.2, 0) is 14.3 Å². The summed E-state index contributed by atoms with van der Waals surface area (Å²) in [6.07, 6.45) is -0.903. The number of amides is 2. The molecule has 3 atom stereocenters. The van der Waals surface area contributed by atoms with Gasteiger partial charge in [-0.2, -0.15) is 0 Å². The molecule has 2 amide bonds. The third kappa shape index (κ3) is 2.49. The minimum atomic E-state index is -2.05. The second-order valence-corrected chi connectivity index (χ2v) is 9.19. The van der Waals surface area contributed by atoms with Gasteiger partial charge in [-0.3, -0.25) is 19.2 Å².